The second-order valence-corrected chi connectivity index (χ2v) is 7.37. The van der Waals surface area contributed by atoms with Gasteiger partial charge >= 0.3 is 6.09 Å². The molecule has 0 unspecified atom stereocenters. The van der Waals surface area contributed by atoms with Crippen molar-refractivity contribution in [1.29, 1.82) is 0 Å². The van der Waals surface area contributed by atoms with E-state index in [1.54, 1.807) is 4.90 Å². The van der Waals surface area contributed by atoms with Gasteiger partial charge in [-0.1, -0.05) is 0 Å². The highest BCUT2D eigenvalue weighted by Crippen LogP contribution is 2.21. The molecule has 1 aliphatic rings. The molecule has 1 aliphatic heterocycles. The number of aliphatic hydroxyl groups is 1. The van der Waals surface area contributed by atoms with E-state index in [-0.39, 0.29) is 12.7 Å². The molecular formula is C18H26N4O3. The number of aromatic nitrogens is 2. The molecule has 0 aliphatic carbocycles. The van der Waals surface area contributed by atoms with Gasteiger partial charge in [0.15, 0.2) is 0 Å². The number of amides is 1. The summed E-state index contributed by atoms with van der Waals surface area (Å²) < 4.78 is 7.35. The lowest BCUT2D eigenvalue weighted by Gasteiger charge is -2.36. The highest BCUT2D eigenvalue weighted by molar-refractivity contribution is 5.69. The number of carbonyl (C=O) groups is 1. The highest BCUT2D eigenvalue weighted by Gasteiger charge is 2.26. The molecule has 0 atom stereocenters. The fourth-order valence-electron chi connectivity index (χ4n) is 3.06. The lowest BCUT2D eigenvalue weighted by molar-refractivity contribution is 0.0240. The Kier molecular flexibility index (Phi) is 4.60. The summed E-state index contributed by atoms with van der Waals surface area (Å²) in [6, 6.07) is 4.05. The van der Waals surface area contributed by atoms with Crippen LogP contribution < -0.4 is 4.90 Å². The number of fused-ring (bicyclic) bond motifs is 1. The van der Waals surface area contributed by atoms with Gasteiger partial charge in [-0.25, -0.2) is 9.78 Å². The van der Waals surface area contributed by atoms with Gasteiger partial charge in [0.05, 0.1) is 18.0 Å². The zero-order chi connectivity index (χ0) is 18.2. The Morgan fingerprint density at radius 3 is 2.56 bits per heavy atom. The van der Waals surface area contributed by atoms with Crippen LogP contribution in [-0.4, -0.2) is 57.3 Å². The van der Waals surface area contributed by atoms with E-state index in [0.717, 1.165) is 35.8 Å². The molecule has 1 fully saturated rings. The van der Waals surface area contributed by atoms with Crippen LogP contribution in [0.5, 0.6) is 0 Å². The maximum atomic E-state index is 12.2. The van der Waals surface area contributed by atoms with Crippen molar-refractivity contribution in [2.24, 2.45) is 0 Å². The number of aliphatic hydroxyl groups excluding tert-OH is 1. The summed E-state index contributed by atoms with van der Waals surface area (Å²) in [6.07, 6.45) is 1.69. The van der Waals surface area contributed by atoms with E-state index in [1.165, 1.54) is 0 Å². The molecule has 7 heteroatoms. The summed E-state index contributed by atoms with van der Waals surface area (Å²) in [5.74, 6) is 0. The quantitative estimate of drug-likeness (QED) is 0.903. The van der Waals surface area contributed by atoms with Crippen molar-refractivity contribution in [3.05, 3.63) is 29.7 Å². The van der Waals surface area contributed by atoms with E-state index in [9.17, 15) is 9.90 Å². The van der Waals surface area contributed by atoms with Gasteiger partial charge in [-0.05, 0) is 33.8 Å². The van der Waals surface area contributed by atoms with Gasteiger partial charge in [0.25, 0.3) is 0 Å². The first-order chi connectivity index (χ1) is 11.8. The third-order valence-corrected chi connectivity index (χ3v) is 4.36. The molecule has 1 N–H and O–H groups in total. The number of aryl methyl sites for hydroxylation is 1. The SMILES string of the molecule is Cc1nc2cc(N3CCN(C(=O)OC(C)(C)C)CC3)ccn2c1CO. The van der Waals surface area contributed by atoms with Gasteiger partial charge in [-0.2, -0.15) is 0 Å². The largest absolute Gasteiger partial charge is 0.444 e. The number of carbonyl (C=O) groups excluding carboxylic acids is 1. The average molecular weight is 346 g/mol. The van der Waals surface area contributed by atoms with E-state index in [1.807, 2.05) is 50.4 Å². The van der Waals surface area contributed by atoms with Gasteiger partial charge in [0, 0.05) is 44.1 Å². The van der Waals surface area contributed by atoms with Crippen molar-refractivity contribution in [3.63, 3.8) is 0 Å². The number of anilines is 1. The molecule has 0 radical (unpaired) electrons. The molecule has 0 spiro atoms. The topological polar surface area (TPSA) is 70.3 Å². The Morgan fingerprint density at radius 2 is 1.96 bits per heavy atom. The van der Waals surface area contributed by atoms with Crippen LogP contribution in [0.4, 0.5) is 10.5 Å². The fourth-order valence-corrected chi connectivity index (χ4v) is 3.06. The van der Waals surface area contributed by atoms with Crippen molar-refractivity contribution < 1.29 is 14.6 Å². The molecule has 3 heterocycles. The molecule has 1 saturated heterocycles. The van der Waals surface area contributed by atoms with Crippen LogP contribution in [-0.2, 0) is 11.3 Å². The summed E-state index contributed by atoms with van der Waals surface area (Å²) in [6.45, 7) is 10.3. The minimum Gasteiger partial charge on any atom is -0.444 e. The number of ether oxygens (including phenoxy) is 1. The Labute approximate surface area is 147 Å². The smallest absolute Gasteiger partial charge is 0.410 e. The summed E-state index contributed by atoms with van der Waals surface area (Å²) in [5, 5.41) is 9.46. The number of hydrogen-bond acceptors (Lipinski definition) is 5. The van der Waals surface area contributed by atoms with Crippen molar-refractivity contribution in [2.45, 2.75) is 39.9 Å². The zero-order valence-electron chi connectivity index (χ0n) is 15.3. The van der Waals surface area contributed by atoms with E-state index in [0.29, 0.717) is 13.1 Å². The molecule has 25 heavy (non-hydrogen) atoms. The Balaban J connectivity index is 1.69. The lowest BCUT2D eigenvalue weighted by Crippen LogP contribution is -2.50. The first kappa shape index (κ1) is 17.5. The lowest BCUT2D eigenvalue weighted by atomic mass is 10.2. The molecule has 136 valence electrons. The molecule has 0 aromatic carbocycles. The van der Waals surface area contributed by atoms with Crippen molar-refractivity contribution in [2.75, 3.05) is 31.1 Å². The molecule has 7 nitrogen and oxygen atoms in total. The van der Waals surface area contributed by atoms with E-state index in [2.05, 4.69) is 9.88 Å². The van der Waals surface area contributed by atoms with Crippen LogP contribution >= 0.6 is 0 Å². The van der Waals surface area contributed by atoms with Crippen molar-refractivity contribution in [1.82, 2.24) is 14.3 Å². The normalized spacial score (nSPS) is 15.7. The molecule has 0 bridgehead atoms. The standard InChI is InChI=1S/C18H26N4O3/c1-13-15(12-23)22-6-5-14(11-16(22)19-13)20-7-9-21(10-8-20)17(24)25-18(2,3)4/h5-6,11,23H,7-10,12H2,1-4H3. The Hall–Kier alpha value is -2.28. The molecular weight excluding hydrogens is 320 g/mol. The number of imidazole rings is 1. The summed E-state index contributed by atoms with van der Waals surface area (Å²) in [4.78, 5) is 20.7. The zero-order valence-corrected chi connectivity index (χ0v) is 15.3. The Bertz CT molecular complexity index is 770. The van der Waals surface area contributed by atoms with Crippen LogP contribution in [0, 0.1) is 6.92 Å². The maximum absolute atomic E-state index is 12.2. The molecule has 3 rings (SSSR count). The van der Waals surface area contributed by atoms with Crippen molar-refractivity contribution in [3.8, 4) is 0 Å². The second kappa shape index (κ2) is 6.55. The van der Waals surface area contributed by atoms with Gasteiger partial charge in [-0.15, -0.1) is 0 Å². The van der Waals surface area contributed by atoms with Gasteiger partial charge in [0.2, 0.25) is 0 Å². The number of hydrogen-bond donors (Lipinski definition) is 1. The summed E-state index contributed by atoms with van der Waals surface area (Å²) >= 11 is 0. The van der Waals surface area contributed by atoms with Crippen LogP contribution in [0.25, 0.3) is 5.65 Å². The predicted molar refractivity (Wildman–Crippen MR) is 95.9 cm³/mol. The molecule has 2 aromatic heterocycles. The maximum Gasteiger partial charge on any atom is 0.410 e. The summed E-state index contributed by atoms with van der Waals surface area (Å²) in [5.41, 5.74) is 3.09. The van der Waals surface area contributed by atoms with E-state index in [4.69, 9.17) is 4.74 Å². The fraction of sp³-hybridized carbons (Fsp3) is 0.556. The number of nitrogens with zero attached hydrogens (tertiary/aromatic N) is 4. The van der Waals surface area contributed by atoms with Crippen LogP contribution in [0.2, 0.25) is 0 Å². The van der Waals surface area contributed by atoms with Crippen LogP contribution in [0.1, 0.15) is 32.2 Å². The third-order valence-electron chi connectivity index (χ3n) is 4.36. The van der Waals surface area contributed by atoms with Gasteiger partial charge in [0.1, 0.15) is 11.2 Å². The minimum absolute atomic E-state index is 0.0269. The molecule has 1 amide bonds. The minimum atomic E-state index is -0.470. The number of piperazine rings is 1. The number of pyridine rings is 1. The molecule has 2 aromatic rings. The van der Waals surface area contributed by atoms with Crippen LogP contribution in [0.15, 0.2) is 18.3 Å². The number of rotatable bonds is 2. The van der Waals surface area contributed by atoms with E-state index >= 15 is 0 Å². The highest BCUT2D eigenvalue weighted by atomic mass is 16.6. The van der Waals surface area contributed by atoms with Gasteiger partial charge < -0.3 is 24.0 Å². The second-order valence-electron chi connectivity index (χ2n) is 7.37. The predicted octanol–water partition coefficient (Wildman–Crippen LogP) is 2.19. The van der Waals surface area contributed by atoms with Crippen molar-refractivity contribution >= 4 is 17.4 Å². The first-order valence-corrected chi connectivity index (χ1v) is 8.60. The van der Waals surface area contributed by atoms with Crippen LogP contribution in [0.3, 0.4) is 0 Å². The van der Waals surface area contributed by atoms with Gasteiger partial charge in [-0.3, -0.25) is 0 Å². The monoisotopic (exact) mass is 346 g/mol. The summed E-state index contributed by atoms with van der Waals surface area (Å²) in [7, 11) is 0. The average Bonchev–Trinajstić information content (AvgIpc) is 2.87. The molecule has 0 saturated carbocycles. The van der Waals surface area contributed by atoms with E-state index < -0.39 is 5.60 Å². The third kappa shape index (κ3) is 3.71. The Morgan fingerprint density at radius 1 is 1.28 bits per heavy atom. The first-order valence-electron chi connectivity index (χ1n) is 8.60.